The standard InChI is InChI=1S/C23H23FN6O4/c1-32-23(31)14-7-13(16(24)8-17(14)25)20-19-21(34-29-22(19)26)15(10-27-20)12-9-28-30(11-12)18-5-3-2-4-6-33-18/h7-11,18H,2-6,25H2,1H3,(H2,26,29). The molecule has 5 rings (SSSR count). The molecule has 1 saturated heterocycles. The number of pyridine rings is 1. The van der Waals surface area contributed by atoms with Gasteiger partial charge in [0.25, 0.3) is 0 Å². The summed E-state index contributed by atoms with van der Waals surface area (Å²) in [6, 6.07) is 2.33. The van der Waals surface area contributed by atoms with Crippen molar-refractivity contribution in [2.75, 3.05) is 25.2 Å². The van der Waals surface area contributed by atoms with Crippen molar-refractivity contribution in [1.29, 1.82) is 0 Å². The Morgan fingerprint density at radius 1 is 1.21 bits per heavy atom. The van der Waals surface area contributed by atoms with Crippen molar-refractivity contribution in [2.45, 2.75) is 31.9 Å². The summed E-state index contributed by atoms with van der Waals surface area (Å²) in [5, 5.41) is 8.65. The highest BCUT2D eigenvalue weighted by Crippen LogP contribution is 2.39. The highest BCUT2D eigenvalue weighted by atomic mass is 19.1. The first kappa shape index (κ1) is 21.8. The van der Waals surface area contributed by atoms with Crippen molar-refractivity contribution < 1.29 is 23.2 Å². The summed E-state index contributed by atoms with van der Waals surface area (Å²) in [4.78, 5) is 16.5. The first-order valence-electron chi connectivity index (χ1n) is 10.9. The number of methoxy groups -OCH3 is 1. The van der Waals surface area contributed by atoms with Gasteiger partial charge in [0.2, 0.25) is 0 Å². The lowest BCUT2D eigenvalue weighted by Gasteiger charge is -2.14. The van der Waals surface area contributed by atoms with Crippen LogP contribution in [0.2, 0.25) is 0 Å². The van der Waals surface area contributed by atoms with Crippen LogP contribution in [0.4, 0.5) is 15.9 Å². The normalized spacial score (nSPS) is 16.5. The molecule has 0 saturated carbocycles. The van der Waals surface area contributed by atoms with E-state index in [0.717, 1.165) is 37.3 Å². The van der Waals surface area contributed by atoms with Crippen LogP contribution in [0.3, 0.4) is 0 Å². The van der Waals surface area contributed by atoms with Gasteiger partial charge in [-0.1, -0.05) is 11.6 Å². The van der Waals surface area contributed by atoms with Crippen LogP contribution in [-0.2, 0) is 9.47 Å². The predicted octanol–water partition coefficient (Wildman–Crippen LogP) is 3.93. The molecule has 176 valence electrons. The number of nitrogens with two attached hydrogens (primary N) is 2. The number of nitrogens with zero attached hydrogens (tertiary/aromatic N) is 4. The largest absolute Gasteiger partial charge is 0.465 e. The van der Waals surface area contributed by atoms with Gasteiger partial charge in [0.15, 0.2) is 11.4 Å². The van der Waals surface area contributed by atoms with Gasteiger partial charge >= 0.3 is 5.97 Å². The number of ether oxygens (including phenoxy) is 2. The number of halogens is 1. The minimum absolute atomic E-state index is 0.0117. The van der Waals surface area contributed by atoms with Crippen molar-refractivity contribution in [3.05, 3.63) is 42.1 Å². The molecule has 1 atom stereocenters. The molecule has 34 heavy (non-hydrogen) atoms. The Kier molecular flexibility index (Phi) is 5.62. The van der Waals surface area contributed by atoms with Crippen LogP contribution in [0.15, 0.2) is 35.2 Å². The van der Waals surface area contributed by atoms with Gasteiger partial charge in [-0.25, -0.2) is 13.9 Å². The molecule has 0 radical (unpaired) electrons. The van der Waals surface area contributed by atoms with Gasteiger partial charge in [0.05, 0.1) is 30.0 Å². The number of carbonyl (C=O) groups excluding carboxylic acids is 1. The second-order valence-electron chi connectivity index (χ2n) is 8.09. The molecular formula is C23H23FN6O4. The summed E-state index contributed by atoms with van der Waals surface area (Å²) in [5.74, 6) is -1.33. The Morgan fingerprint density at radius 2 is 2.06 bits per heavy atom. The van der Waals surface area contributed by atoms with Gasteiger partial charge in [-0.15, -0.1) is 0 Å². The summed E-state index contributed by atoms with van der Waals surface area (Å²) in [6.07, 6.45) is 9.04. The second-order valence-corrected chi connectivity index (χ2v) is 8.09. The molecule has 4 aromatic rings. The number of benzene rings is 1. The molecule has 3 aromatic heterocycles. The number of hydrogen-bond acceptors (Lipinski definition) is 9. The highest BCUT2D eigenvalue weighted by molar-refractivity contribution is 6.06. The summed E-state index contributed by atoms with van der Waals surface area (Å²) < 4.78 is 32.9. The Labute approximate surface area is 193 Å². The third-order valence-corrected chi connectivity index (χ3v) is 5.94. The van der Waals surface area contributed by atoms with Crippen LogP contribution < -0.4 is 11.5 Å². The fraction of sp³-hybridized carbons (Fsp3) is 0.304. The number of rotatable bonds is 4. The Balaban J connectivity index is 1.60. The molecular weight excluding hydrogens is 443 g/mol. The Morgan fingerprint density at radius 3 is 2.88 bits per heavy atom. The van der Waals surface area contributed by atoms with Crippen molar-refractivity contribution in [3.8, 4) is 22.4 Å². The molecule has 1 aliphatic rings. The van der Waals surface area contributed by atoms with E-state index >= 15 is 0 Å². The summed E-state index contributed by atoms with van der Waals surface area (Å²) in [5.41, 5.74) is 13.7. The van der Waals surface area contributed by atoms with Gasteiger partial charge in [-0.2, -0.15) is 5.10 Å². The topological polar surface area (TPSA) is 144 Å². The SMILES string of the molecule is COC(=O)c1cc(-c2ncc(-c3cnn(C4CCCCCO4)c3)c3onc(N)c23)c(F)cc1N. The van der Waals surface area contributed by atoms with Crippen LogP contribution >= 0.6 is 0 Å². The van der Waals surface area contributed by atoms with Crippen molar-refractivity contribution in [1.82, 2.24) is 19.9 Å². The average molecular weight is 466 g/mol. The van der Waals surface area contributed by atoms with Crippen LogP contribution in [0.5, 0.6) is 0 Å². The lowest BCUT2D eigenvalue weighted by atomic mass is 10.0. The molecule has 0 bridgehead atoms. The molecule has 1 aliphatic heterocycles. The first-order valence-corrected chi connectivity index (χ1v) is 10.9. The van der Waals surface area contributed by atoms with Gasteiger partial charge < -0.3 is 25.5 Å². The average Bonchev–Trinajstić information content (AvgIpc) is 3.38. The predicted molar refractivity (Wildman–Crippen MR) is 122 cm³/mol. The van der Waals surface area contributed by atoms with Crippen molar-refractivity contribution in [2.24, 2.45) is 0 Å². The Bertz CT molecular complexity index is 1370. The van der Waals surface area contributed by atoms with Crippen LogP contribution in [0, 0.1) is 5.82 Å². The van der Waals surface area contributed by atoms with E-state index in [9.17, 15) is 9.18 Å². The van der Waals surface area contributed by atoms with Crippen molar-refractivity contribution in [3.63, 3.8) is 0 Å². The summed E-state index contributed by atoms with van der Waals surface area (Å²) >= 11 is 0. The molecule has 1 unspecified atom stereocenters. The maximum absolute atomic E-state index is 14.9. The number of hydrogen-bond donors (Lipinski definition) is 2. The lowest BCUT2D eigenvalue weighted by molar-refractivity contribution is -0.00166. The van der Waals surface area contributed by atoms with Crippen LogP contribution in [0.1, 0.15) is 42.3 Å². The Hall–Kier alpha value is -3.99. The van der Waals surface area contributed by atoms with Crippen LogP contribution in [-0.4, -0.2) is 39.6 Å². The van der Waals surface area contributed by atoms with E-state index in [4.69, 9.17) is 25.5 Å². The number of nitrogen functional groups attached to an aromatic ring is 2. The molecule has 0 aliphatic carbocycles. The second kappa shape index (κ2) is 8.75. The van der Waals surface area contributed by atoms with E-state index in [1.807, 2.05) is 6.20 Å². The molecule has 0 amide bonds. The number of anilines is 2. The van der Waals surface area contributed by atoms with Crippen molar-refractivity contribution >= 4 is 28.4 Å². The van der Waals surface area contributed by atoms with Crippen LogP contribution in [0.25, 0.3) is 33.4 Å². The first-order chi connectivity index (χ1) is 16.5. The maximum atomic E-state index is 14.9. The molecule has 10 nitrogen and oxygen atoms in total. The fourth-order valence-electron chi connectivity index (χ4n) is 4.18. The third-order valence-electron chi connectivity index (χ3n) is 5.94. The minimum Gasteiger partial charge on any atom is -0.465 e. The van der Waals surface area contributed by atoms with Gasteiger partial charge in [-0.3, -0.25) is 4.98 Å². The van der Waals surface area contributed by atoms with E-state index < -0.39 is 11.8 Å². The zero-order chi connectivity index (χ0) is 23.8. The van der Waals surface area contributed by atoms with Gasteiger partial charge in [0, 0.05) is 41.4 Å². The number of carbonyl (C=O) groups is 1. The van der Waals surface area contributed by atoms with E-state index in [0.29, 0.717) is 23.1 Å². The molecule has 1 aromatic carbocycles. The zero-order valence-electron chi connectivity index (χ0n) is 18.5. The summed E-state index contributed by atoms with van der Waals surface area (Å²) in [7, 11) is 1.22. The van der Waals surface area contributed by atoms with E-state index in [1.165, 1.54) is 19.4 Å². The summed E-state index contributed by atoms with van der Waals surface area (Å²) in [6.45, 7) is 0.694. The number of fused-ring (bicyclic) bond motifs is 1. The fourth-order valence-corrected chi connectivity index (χ4v) is 4.18. The van der Waals surface area contributed by atoms with Gasteiger partial charge in [-0.05, 0) is 31.4 Å². The quantitative estimate of drug-likeness (QED) is 0.337. The maximum Gasteiger partial charge on any atom is 0.339 e. The van der Waals surface area contributed by atoms with E-state index in [2.05, 4.69) is 15.2 Å². The number of esters is 1. The molecule has 0 spiro atoms. The highest BCUT2D eigenvalue weighted by Gasteiger charge is 2.24. The van der Waals surface area contributed by atoms with E-state index in [1.54, 1.807) is 10.9 Å². The number of aromatic nitrogens is 4. The molecule has 1 fully saturated rings. The molecule has 4 heterocycles. The minimum atomic E-state index is -0.696. The monoisotopic (exact) mass is 466 g/mol. The zero-order valence-corrected chi connectivity index (χ0v) is 18.5. The third kappa shape index (κ3) is 3.73. The molecule has 4 N–H and O–H groups in total. The van der Waals surface area contributed by atoms with Gasteiger partial charge in [0.1, 0.15) is 12.0 Å². The molecule has 11 heteroatoms. The lowest BCUT2D eigenvalue weighted by Crippen LogP contribution is -2.12. The van der Waals surface area contributed by atoms with E-state index in [-0.39, 0.29) is 34.6 Å². The smallest absolute Gasteiger partial charge is 0.339 e.